The van der Waals surface area contributed by atoms with Crippen LogP contribution in [-0.4, -0.2) is 33.4 Å². The van der Waals surface area contributed by atoms with Gasteiger partial charge in [0.15, 0.2) is 0 Å². The number of halogens is 1. The van der Waals surface area contributed by atoms with Gasteiger partial charge in [0.05, 0.1) is 34.5 Å². The first-order valence-electron chi connectivity index (χ1n) is 12.9. The van der Waals surface area contributed by atoms with Gasteiger partial charge in [-0.1, -0.05) is 54.1 Å². The molecule has 4 rings (SSSR count). The molecule has 0 spiro atoms. The summed E-state index contributed by atoms with van der Waals surface area (Å²) in [7, 11) is -4.16. The number of ether oxygens (including phenoxy) is 1. The molecule has 0 saturated carbocycles. The fourth-order valence-corrected chi connectivity index (χ4v) is 5.68. The van der Waals surface area contributed by atoms with E-state index >= 15 is 0 Å². The first kappa shape index (κ1) is 29.6. The highest BCUT2D eigenvalue weighted by Crippen LogP contribution is 2.27. The molecule has 8 nitrogen and oxygen atoms in total. The lowest BCUT2D eigenvalue weighted by atomic mass is 10.1. The Morgan fingerprint density at radius 3 is 2.17 bits per heavy atom. The van der Waals surface area contributed by atoms with Gasteiger partial charge in [-0.2, -0.15) is 0 Å². The summed E-state index contributed by atoms with van der Waals surface area (Å²) in [4.78, 5) is 26.4. The van der Waals surface area contributed by atoms with Crippen LogP contribution in [0.2, 0.25) is 5.02 Å². The van der Waals surface area contributed by atoms with Crippen molar-refractivity contribution in [3.05, 3.63) is 119 Å². The lowest BCUT2D eigenvalue weighted by Crippen LogP contribution is -2.38. The second-order valence-electron chi connectivity index (χ2n) is 9.09. The Morgan fingerprint density at radius 1 is 0.878 bits per heavy atom. The second kappa shape index (κ2) is 13.3. The van der Waals surface area contributed by atoms with Gasteiger partial charge in [-0.05, 0) is 80.1 Å². The molecule has 2 amide bonds. The average Bonchev–Trinajstić information content (AvgIpc) is 2.97. The number of carbonyl (C=O) groups is 2. The zero-order chi connectivity index (χ0) is 29.4. The normalized spacial score (nSPS) is 11.8. The Hall–Kier alpha value is -4.34. The van der Waals surface area contributed by atoms with E-state index in [1.165, 1.54) is 24.3 Å². The Labute approximate surface area is 245 Å². The van der Waals surface area contributed by atoms with Gasteiger partial charge in [0.2, 0.25) is 5.91 Å². The highest BCUT2D eigenvalue weighted by molar-refractivity contribution is 7.92. The number of benzene rings is 4. The lowest BCUT2D eigenvalue weighted by Gasteiger charge is -2.24. The summed E-state index contributed by atoms with van der Waals surface area (Å²) >= 11 is 5.97. The molecule has 2 N–H and O–H groups in total. The molecule has 0 aliphatic carbocycles. The molecule has 0 aliphatic heterocycles. The summed E-state index contributed by atoms with van der Waals surface area (Å²) in [6, 6.07) is 27.9. The molecule has 0 bridgehead atoms. The third-order valence-corrected chi connectivity index (χ3v) is 8.26. The quantitative estimate of drug-likeness (QED) is 0.220. The van der Waals surface area contributed by atoms with E-state index in [0.717, 1.165) is 9.87 Å². The first-order valence-corrected chi connectivity index (χ1v) is 14.8. The van der Waals surface area contributed by atoms with Gasteiger partial charge in [-0.25, -0.2) is 8.42 Å². The SMILES string of the molecule is CCOc1ccc(N(CC(=O)Nc2ccccc2C(=O)N[C@H](C)c2ccccc2)S(=O)(=O)c2ccc(Cl)cc2)cc1. The third-order valence-electron chi connectivity index (χ3n) is 6.22. The van der Waals surface area contributed by atoms with E-state index in [1.54, 1.807) is 48.5 Å². The number of rotatable bonds is 11. The van der Waals surface area contributed by atoms with E-state index in [0.29, 0.717) is 17.4 Å². The Bertz CT molecular complexity index is 1600. The van der Waals surface area contributed by atoms with E-state index in [4.69, 9.17) is 16.3 Å². The van der Waals surface area contributed by atoms with Gasteiger partial charge >= 0.3 is 0 Å². The minimum atomic E-state index is -4.16. The van der Waals surface area contributed by atoms with Crippen molar-refractivity contribution in [2.45, 2.75) is 24.8 Å². The Balaban J connectivity index is 1.58. The topological polar surface area (TPSA) is 105 Å². The maximum atomic E-state index is 13.7. The molecule has 0 saturated heterocycles. The van der Waals surface area contributed by atoms with Crippen LogP contribution in [0, 0.1) is 0 Å². The van der Waals surface area contributed by atoms with Crippen LogP contribution in [0.25, 0.3) is 0 Å². The van der Waals surface area contributed by atoms with Crippen LogP contribution < -0.4 is 19.7 Å². The van der Waals surface area contributed by atoms with E-state index in [2.05, 4.69) is 10.6 Å². The van der Waals surface area contributed by atoms with Crippen LogP contribution >= 0.6 is 11.6 Å². The molecule has 1 atom stereocenters. The standard InChI is InChI=1S/C31H30ClN3O5S/c1-3-40-26-17-15-25(16-18-26)35(41(38,39)27-19-13-24(32)14-20-27)21-30(36)34-29-12-8-7-11-28(29)31(37)33-22(2)23-9-5-4-6-10-23/h4-20,22H,3,21H2,1-2H3,(H,33,37)(H,34,36)/t22-/m1/s1. The summed E-state index contributed by atoms with van der Waals surface area (Å²) in [5.41, 5.74) is 1.70. The number of hydrogen-bond donors (Lipinski definition) is 2. The zero-order valence-corrected chi connectivity index (χ0v) is 24.2. The van der Waals surface area contributed by atoms with Crippen molar-refractivity contribution in [3.8, 4) is 5.75 Å². The van der Waals surface area contributed by atoms with E-state index in [1.807, 2.05) is 44.2 Å². The second-order valence-corrected chi connectivity index (χ2v) is 11.4. The first-order chi connectivity index (χ1) is 19.7. The van der Waals surface area contributed by atoms with Crippen molar-refractivity contribution in [1.29, 1.82) is 0 Å². The molecular formula is C31H30ClN3O5S. The summed E-state index contributed by atoms with van der Waals surface area (Å²) in [6.07, 6.45) is 0. The molecule has 0 unspecified atom stereocenters. The summed E-state index contributed by atoms with van der Waals surface area (Å²) in [6.45, 7) is 3.61. The maximum Gasteiger partial charge on any atom is 0.264 e. The van der Waals surface area contributed by atoms with Crippen molar-refractivity contribution in [2.24, 2.45) is 0 Å². The molecule has 0 heterocycles. The van der Waals surface area contributed by atoms with Crippen molar-refractivity contribution < 1.29 is 22.7 Å². The maximum absolute atomic E-state index is 13.7. The summed E-state index contributed by atoms with van der Waals surface area (Å²) in [5.74, 6) is -0.448. The molecule has 0 aromatic heterocycles. The van der Waals surface area contributed by atoms with E-state index in [-0.39, 0.29) is 33.8 Å². The smallest absolute Gasteiger partial charge is 0.264 e. The predicted octanol–water partition coefficient (Wildman–Crippen LogP) is 6.06. The number of hydrogen-bond acceptors (Lipinski definition) is 5. The number of carbonyl (C=O) groups excluding carboxylic acids is 2. The number of para-hydroxylation sites is 1. The van der Waals surface area contributed by atoms with Crippen LogP contribution in [0.5, 0.6) is 5.75 Å². The van der Waals surface area contributed by atoms with Gasteiger partial charge in [0, 0.05) is 5.02 Å². The number of nitrogens with one attached hydrogen (secondary N) is 2. The van der Waals surface area contributed by atoms with Crippen molar-refractivity contribution in [1.82, 2.24) is 5.32 Å². The van der Waals surface area contributed by atoms with Gasteiger partial charge in [-0.3, -0.25) is 13.9 Å². The van der Waals surface area contributed by atoms with Crippen LogP contribution in [0.4, 0.5) is 11.4 Å². The highest BCUT2D eigenvalue weighted by atomic mass is 35.5. The molecule has 10 heteroatoms. The number of anilines is 2. The largest absolute Gasteiger partial charge is 0.494 e. The molecule has 0 aliphatic rings. The monoisotopic (exact) mass is 591 g/mol. The molecule has 4 aromatic carbocycles. The number of amides is 2. The van der Waals surface area contributed by atoms with E-state index in [9.17, 15) is 18.0 Å². The number of nitrogens with zero attached hydrogens (tertiary/aromatic N) is 1. The molecule has 4 aromatic rings. The zero-order valence-electron chi connectivity index (χ0n) is 22.6. The molecule has 41 heavy (non-hydrogen) atoms. The van der Waals surface area contributed by atoms with Crippen molar-refractivity contribution in [2.75, 3.05) is 22.8 Å². The van der Waals surface area contributed by atoms with Crippen LogP contribution in [-0.2, 0) is 14.8 Å². The summed E-state index contributed by atoms with van der Waals surface area (Å²) in [5, 5.41) is 6.04. The average molecular weight is 592 g/mol. The van der Waals surface area contributed by atoms with Crippen LogP contribution in [0.1, 0.15) is 35.8 Å². The van der Waals surface area contributed by atoms with Crippen LogP contribution in [0.15, 0.2) is 108 Å². The molecule has 0 fully saturated rings. The molecular weight excluding hydrogens is 562 g/mol. The molecule has 212 valence electrons. The number of sulfonamides is 1. The third kappa shape index (κ3) is 7.45. The van der Waals surface area contributed by atoms with Crippen molar-refractivity contribution >= 4 is 44.8 Å². The lowest BCUT2D eigenvalue weighted by molar-refractivity contribution is -0.114. The van der Waals surface area contributed by atoms with Gasteiger partial charge in [-0.15, -0.1) is 0 Å². The minimum absolute atomic E-state index is 0.0294. The Morgan fingerprint density at radius 2 is 1.51 bits per heavy atom. The van der Waals surface area contributed by atoms with Gasteiger partial charge < -0.3 is 15.4 Å². The summed E-state index contributed by atoms with van der Waals surface area (Å²) < 4.78 is 33.8. The van der Waals surface area contributed by atoms with Crippen molar-refractivity contribution in [3.63, 3.8) is 0 Å². The van der Waals surface area contributed by atoms with Gasteiger partial charge in [0.25, 0.3) is 15.9 Å². The predicted molar refractivity (Wildman–Crippen MR) is 161 cm³/mol. The Kier molecular flexibility index (Phi) is 9.65. The highest BCUT2D eigenvalue weighted by Gasteiger charge is 2.28. The van der Waals surface area contributed by atoms with E-state index < -0.39 is 22.5 Å². The molecule has 0 radical (unpaired) electrons. The fourth-order valence-electron chi connectivity index (χ4n) is 4.13. The fraction of sp³-hybridized carbons (Fsp3) is 0.161. The van der Waals surface area contributed by atoms with Crippen LogP contribution in [0.3, 0.4) is 0 Å². The minimum Gasteiger partial charge on any atom is -0.494 e. The van der Waals surface area contributed by atoms with Gasteiger partial charge in [0.1, 0.15) is 12.3 Å².